The molecule has 7 nitrogen and oxygen atoms in total. The van der Waals surface area contributed by atoms with E-state index in [-0.39, 0.29) is 6.54 Å². The van der Waals surface area contributed by atoms with Gasteiger partial charge in [0.1, 0.15) is 10.6 Å². The summed E-state index contributed by atoms with van der Waals surface area (Å²) in [5.74, 6) is -0.980. The summed E-state index contributed by atoms with van der Waals surface area (Å²) in [6, 6.07) is 22.7. The van der Waals surface area contributed by atoms with Crippen molar-refractivity contribution in [3.63, 3.8) is 0 Å². The number of halogens is 1. The quantitative estimate of drug-likeness (QED) is 0.170. The number of hydrazone groups is 1. The Balaban J connectivity index is 1.25. The zero-order valence-electron chi connectivity index (χ0n) is 17.7. The van der Waals surface area contributed by atoms with Crippen molar-refractivity contribution in [1.29, 1.82) is 0 Å². The van der Waals surface area contributed by atoms with Gasteiger partial charge >= 0.3 is 5.97 Å². The fourth-order valence-electron chi connectivity index (χ4n) is 2.98. The number of rotatable bonds is 7. The molecule has 0 aliphatic carbocycles. The van der Waals surface area contributed by atoms with Crippen molar-refractivity contribution in [2.24, 2.45) is 5.10 Å². The second-order valence-corrected chi connectivity index (χ2v) is 8.47. The Morgan fingerprint density at radius 3 is 2.38 bits per heavy atom. The molecule has 0 fully saturated rings. The van der Waals surface area contributed by atoms with Crippen molar-refractivity contribution in [3.05, 3.63) is 99.9 Å². The van der Waals surface area contributed by atoms with Gasteiger partial charge in [0, 0.05) is 10.1 Å². The summed E-state index contributed by atoms with van der Waals surface area (Å²) in [4.78, 5) is 36.8. The highest BCUT2D eigenvalue weighted by molar-refractivity contribution is 7.21. The van der Waals surface area contributed by atoms with Crippen LogP contribution in [0.4, 0.5) is 0 Å². The maximum absolute atomic E-state index is 12.4. The lowest BCUT2D eigenvalue weighted by molar-refractivity contribution is -0.120. The number of fused-ring (bicyclic) bond motifs is 1. The first-order chi connectivity index (χ1) is 16.5. The predicted molar refractivity (Wildman–Crippen MR) is 133 cm³/mol. The SMILES string of the molecule is O=C(CNC(=O)c1sc2ccccc2c1Cl)N/N=C/c1ccc(OC(=O)c2ccccc2)cc1. The normalized spacial score (nSPS) is 10.9. The van der Waals surface area contributed by atoms with Crippen LogP contribution in [0.25, 0.3) is 10.1 Å². The molecule has 0 spiro atoms. The molecule has 9 heteroatoms. The number of ether oxygens (including phenoxy) is 1. The van der Waals surface area contributed by atoms with Crippen LogP contribution in [-0.4, -0.2) is 30.5 Å². The third-order valence-corrected chi connectivity index (χ3v) is 6.33. The van der Waals surface area contributed by atoms with Crippen LogP contribution in [0.1, 0.15) is 25.6 Å². The Hall–Kier alpha value is -4.01. The van der Waals surface area contributed by atoms with Gasteiger partial charge in [0.05, 0.1) is 23.3 Å². The predicted octanol–water partition coefficient (Wildman–Crippen LogP) is 4.65. The van der Waals surface area contributed by atoms with Gasteiger partial charge in [-0.1, -0.05) is 48.0 Å². The van der Waals surface area contributed by atoms with Crippen molar-refractivity contribution in [2.45, 2.75) is 0 Å². The average molecular weight is 492 g/mol. The Labute approximate surface area is 204 Å². The highest BCUT2D eigenvalue weighted by atomic mass is 35.5. The van der Waals surface area contributed by atoms with Crippen LogP contribution in [0.15, 0.2) is 84.0 Å². The maximum Gasteiger partial charge on any atom is 0.343 e. The fourth-order valence-corrected chi connectivity index (χ4v) is 4.41. The third kappa shape index (κ3) is 5.67. The van der Waals surface area contributed by atoms with E-state index in [0.29, 0.717) is 26.8 Å². The van der Waals surface area contributed by atoms with Crippen LogP contribution in [0.3, 0.4) is 0 Å². The second kappa shape index (κ2) is 10.7. The first kappa shape index (κ1) is 23.2. The molecular weight excluding hydrogens is 474 g/mol. The van der Waals surface area contributed by atoms with Crippen LogP contribution in [-0.2, 0) is 4.79 Å². The molecule has 0 radical (unpaired) electrons. The highest BCUT2D eigenvalue weighted by Crippen LogP contribution is 2.34. The van der Waals surface area contributed by atoms with Gasteiger partial charge in [-0.2, -0.15) is 5.10 Å². The van der Waals surface area contributed by atoms with Gasteiger partial charge in [-0.05, 0) is 48.0 Å². The molecule has 1 aromatic heterocycles. The van der Waals surface area contributed by atoms with E-state index < -0.39 is 17.8 Å². The molecule has 4 aromatic rings. The lowest BCUT2D eigenvalue weighted by Gasteiger charge is -2.04. The molecule has 0 saturated carbocycles. The van der Waals surface area contributed by atoms with Crippen LogP contribution < -0.4 is 15.5 Å². The minimum Gasteiger partial charge on any atom is -0.423 e. The molecule has 0 saturated heterocycles. The number of amides is 2. The third-order valence-electron chi connectivity index (χ3n) is 4.65. The summed E-state index contributed by atoms with van der Waals surface area (Å²) in [5, 5.41) is 7.59. The van der Waals surface area contributed by atoms with E-state index in [1.807, 2.05) is 30.3 Å². The summed E-state index contributed by atoms with van der Waals surface area (Å²) < 4.78 is 6.21. The number of benzene rings is 3. The Kier molecular flexibility index (Phi) is 7.31. The van der Waals surface area contributed by atoms with E-state index in [1.165, 1.54) is 17.6 Å². The zero-order chi connectivity index (χ0) is 23.9. The molecule has 0 aliphatic heterocycles. The van der Waals surface area contributed by atoms with Crippen molar-refractivity contribution in [3.8, 4) is 5.75 Å². The van der Waals surface area contributed by atoms with Gasteiger partial charge in [-0.15, -0.1) is 11.3 Å². The summed E-state index contributed by atoms with van der Waals surface area (Å²) in [6.07, 6.45) is 1.44. The fraction of sp³-hybridized carbons (Fsp3) is 0.0400. The first-order valence-corrected chi connectivity index (χ1v) is 11.3. The van der Waals surface area contributed by atoms with Gasteiger partial charge in [-0.25, -0.2) is 10.2 Å². The van der Waals surface area contributed by atoms with Crippen LogP contribution >= 0.6 is 22.9 Å². The number of nitrogens with zero attached hydrogens (tertiary/aromatic N) is 1. The maximum atomic E-state index is 12.4. The number of carbonyl (C=O) groups is 3. The Morgan fingerprint density at radius 1 is 0.941 bits per heavy atom. The highest BCUT2D eigenvalue weighted by Gasteiger charge is 2.17. The second-order valence-electron chi connectivity index (χ2n) is 7.04. The van der Waals surface area contributed by atoms with E-state index in [2.05, 4.69) is 15.8 Å². The van der Waals surface area contributed by atoms with E-state index in [0.717, 1.165) is 10.1 Å². The van der Waals surface area contributed by atoms with E-state index in [9.17, 15) is 14.4 Å². The number of thiophene rings is 1. The number of hydrogen-bond acceptors (Lipinski definition) is 6. The molecule has 170 valence electrons. The molecule has 0 unspecified atom stereocenters. The molecule has 3 aromatic carbocycles. The summed E-state index contributed by atoms with van der Waals surface area (Å²) in [5.41, 5.74) is 3.49. The number of nitrogens with one attached hydrogen (secondary N) is 2. The van der Waals surface area contributed by atoms with Crippen molar-refractivity contribution in [1.82, 2.24) is 10.7 Å². The largest absolute Gasteiger partial charge is 0.423 e. The molecule has 0 aliphatic rings. The minimum atomic E-state index is -0.491. The number of carbonyl (C=O) groups excluding carboxylic acids is 3. The van der Waals surface area contributed by atoms with Gasteiger partial charge in [-0.3, -0.25) is 9.59 Å². The molecule has 2 N–H and O–H groups in total. The van der Waals surface area contributed by atoms with Gasteiger partial charge < -0.3 is 10.1 Å². The van der Waals surface area contributed by atoms with Crippen LogP contribution in [0.2, 0.25) is 5.02 Å². The van der Waals surface area contributed by atoms with Gasteiger partial charge in [0.25, 0.3) is 11.8 Å². The molecule has 0 atom stereocenters. The minimum absolute atomic E-state index is 0.255. The summed E-state index contributed by atoms with van der Waals surface area (Å²) >= 11 is 7.55. The van der Waals surface area contributed by atoms with Crippen LogP contribution in [0.5, 0.6) is 5.75 Å². The molecular formula is C25H18ClN3O4S. The average Bonchev–Trinajstić information content (AvgIpc) is 3.21. The molecule has 0 bridgehead atoms. The van der Waals surface area contributed by atoms with E-state index in [4.69, 9.17) is 16.3 Å². The van der Waals surface area contributed by atoms with Crippen molar-refractivity contribution in [2.75, 3.05) is 6.54 Å². The lowest BCUT2D eigenvalue weighted by atomic mass is 10.2. The molecule has 2 amide bonds. The monoisotopic (exact) mass is 491 g/mol. The zero-order valence-corrected chi connectivity index (χ0v) is 19.2. The smallest absolute Gasteiger partial charge is 0.343 e. The molecule has 4 rings (SSSR count). The lowest BCUT2D eigenvalue weighted by Crippen LogP contribution is -2.34. The molecule has 1 heterocycles. The van der Waals surface area contributed by atoms with Crippen LogP contribution in [0, 0.1) is 0 Å². The number of hydrogen-bond donors (Lipinski definition) is 2. The van der Waals surface area contributed by atoms with E-state index in [1.54, 1.807) is 48.5 Å². The topological polar surface area (TPSA) is 96.9 Å². The Morgan fingerprint density at radius 2 is 1.65 bits per heavy atom. The number of esters is 1. The van der Waals surface area contributed by atoms with Crippen molar-refractivity contribution < 1.29 is 19.1 Å². The summed E-state index contributed by atoms with van der Waals surface area (Å²) in [6.45, 7) is -0.255. The molecule has 34 heavy (non-hydrogen) atoms. The standard InChI is InChI=1S/C25H18ClN3O4S/c26-22-19-8-4-5-9-20(19)34-23(22)24(31)27-15-21(30)29-28-14-16-10-12-18(13-11-16)33-25(32)17-6-2-1-3-7-17/h1-14H,15H2,(H,27,31)(H,29,30)/b28-14+. The van der Waals surface area contributed by atoms with Crippen molar-refractivity contribution >= 4 is 57.0 Å². The first-order valence-electron chi connectivity index (χ1n) is 10.2. The Bertz CT molecular complexity index is 1370. The van der Waals surface area contributed by atoms with E-state index >= 15 is 0 Å². The summed E-state index contributed by atoms with van der Waals surface area (Å²) in [7, 11) is 0. The van der Waals surface area contributed by atoms with Gasteiger partial charge in [0.2, 0.25) is 0 Å². The van der Waals surface area contributed by atoms with Gasteiger partial charge in [0.15, 0.2) is 0 Å².